The molecule has 0 aromatic rings. The zero-order valence-corrected chi connectivity index (χ0v) is 23.7. The predicted octanol–water partition coefficient (Wildman–Crippen LogP) is -1.90. The number of carbonyl (C=O) groups is 2. The second kappa shape index (κ2) is 41.2. The summed E-state index contributed by atoms with van der Waals surface area (Å²) in [5.41, 5.74) is 4.79. The van der Waals surface area contributed by atoms with Crippen LogP contribution in [0.25, 0.3) is 0 Å². The van der Waals surface area contributed by atoms with E-state index in [1.54, 1.807) is 14.2 Å². The second-order valence-electron chi connectivity index (χ2n) is 5.10. The van der Waals surface area contributed by atoms with Crippen LogP contribution < -0.4 is 11.1 Å². The molecule has 0 fully saturated rings. The van der Waals surface area contributed by atoms with E-state index in [4.69, 9.17) is 47.0 Å². The summed E-state index contributed by atoms with van der Waals surface area (Å²) in [5.74, 6) is 3.32. The van der Waals surface area contributed by atoms with Gasteiger partial charge < -0.3 is 44.6 Å². The van der Waals surface area contributed by atoms with E-state index >= 15 is 0 Å². The quantitative estimate of drug-likeness (QED) is 0.0894. The molecule has 0 rings (SSSR count). The molecule has 0 aromatic carbocycles. The van der Waals surface area contributed by atoms with E-state index < -0.39 is 5.97 Å². The van der Waals surface area contributed by atoms with Crippen molar-refractivity contribution in [3.8, 4) is 24.7 Å². The molecule has 0 heterocycles. The molecule has 0 unspecified atom stereocenters. The summed E-state index contributed by atoms with van der Waals surface area (Å²) in [4.78, 5) is 20.9. The Morgan fingerprint density at radius 1 is 0.879 bits per heavy atom. The third-order valence-electron chi connectivity index (χ3n) is 2.57. The molecule has 11 nitrogen and oxygen atoms in total. The standard InChI is InChI=1S/C10H17NO4.C7H14O5.C3H5N.BH.U/c1-3-4-11-10(12)9-15-8-7-14-6-5-13-2;1-10-2-3-11-4-5-12-6-7(8)9;1-2-3-4;;/h1H,4-9H2,2H3,(H,11,12);2-6H2,1H3,(H,8,9);1H,3-4H2;1H;/i;;;1T;. The van der Waals surface area contributed by atoms with E-state index in [2.05, 4.69) is 32.0 Å². The molecule has 0 bridgehead atoms. The average Bonchev–Trinajstić information content (AvgIpc) is 2.83. The molecule has 188 valence electrons. The number of aliphatic carboxylic acids is 1. The van der Waals surface area contributed by atoms with Crippen molar-refractivity contribution >= 4 is 20.3 Å². The fourth-order valence-electron chi connectivity index (χ4n) is 1.25. The number of rotatable bonds is 17. The van der Waals surface area contributed by atoms with Gasteiger partial charge in [-0.25, -0.2) is 4.79 Å². The van der Waals surface area contributed by atoms with Crippen molar-refractivity contribution in [3.05, 3.63) is 0 Å². The zero-order valence-electron chi connectivity index (χ0n) is 20.5. The molecule has 2 radical (unpaired) electrons. The largest absolute Gasteiger partial charge is 0.480 e. The summed E-state index contributed by atoms with van der Waals surface area (Å²) in [6.07, 6.45) is 9.62. The number of methoxy groups -OCH3 is 2. The monoisotopic (exact) mass is 700 g/mol. The maximum atomic E-state index is 10.9. The van der Waals surface area contributed by atoms with Crippen molar-refractivity contribution < 1.29 is 74.2 Å². The van der Waals surface area contributed by atoms with E-state index in [-0.39, 0.29) is 56.8 Å². The van der Waals surface area contributed by atoms with E-state index in [1.807, 2.05) is 0 Å². The molecular weight excluding hydrogens is 661 g/mol. The van der Waals surface area contributed by atoms with Crippen LogP contribution in [-0.4, -0.2) is 120 Å². The molecule has 0 aliphatic carbocycles. The van der Waals surface area contributed by atoms with Crippen molar-refractivity contribution in [1.82, 2.24) is 5.32 Å². The Labute approximate surface area is 224 Å². The summed E-state index contributed by atoms with van der Waals surface area (Å²) in [5, 5.41) is 10.7. The summed E-state index contributed by atoms with van der Waals surface area (Å²) in [6, 6.07) is 0. The molecule has 0 saturated heterocycles. The third kappa shape index (κ3) is 53.8. The molecule has 13 heteroatoms. The fourth-order valence-corrected chi connectivity index (χ4v) is 1.25. The van der Waals surface area contributed by atoms with Crippen LogP contribution in [0.15, 0.2) is 0 Å². The molecule has 0 aromatic heterocycles. The summed E-state index contributed by atoms with van der Waals surface area (Å²) in [7, 11) is 6.94. The van der Waals surface area contributed by atoms with Crippen LogP contribution in [0.3, 0.4) is 0 Å². The number of carboxylic acid groups (broad SMARTS) is 1. The van der Waals surface area contributed by atoms with Crippen molar-refractivity contribution in [2.24, 2.45) is 5.73 Å². The van der Waals surface area contributed by atoms with Gasteiger partial charge in [0.05, 0.1) is 65.9 Å². The van der Waals surface area contributed by atoms with Crippen LogP contribution in [0.4, 0.5) is 0 Å². The van der Waals surface area contributed by atoms with Crippen LogP contribution in [0.5, 0.6) is 0 Å². The topological polar surface area (TPSA) is 148 Å². The van der Waals surface area contributed by atoms with Crippen LogP contribution >= 0.6 is 0 Å². The van der Waals surface area contributed by atoms with Crippen LogP contribution in [0, 0.1) is 55.8 Å². The van der Waals surface area contributed by atoms with Gasteiger partial charge in [0.2, 0.25) is 5.91 Å². The van der Waals surface area contributed by atoms with Gasteiger partial charge in [0, 0.05) is 53.7 Å². The van der Waals surface area contributed by atoms with Crippen molar-refractivity contribution in [1.29, 1.82) is 1.34 Å². The van der Waals surface area contributed by atoms with Gasteiger partial charge in [-0.2, -0.15) is 0 Å². The van der Waals surface area contributed by atoms with Crippen molar-refractivity contribution in [3.63, 3.8) is 0 Å². The van der Waals surface area contributed by atoms with Gasteiger partial charge in [0.25, 0.3) is 0 Å². The minimum absolute atomic E-state index is 0. The Bertz CT molecular complexity index is 496. The van der Waals surface area contributed by atoms with Gasteiger partial charge in [-0.1, -0.05) is 11.8 Å². The number of hydrogen-bond acceptors (Lipinski definition) is 9. The molecular formula is C20H37BN2O9U. The van der Waals surface area contributed by atoms with Crippen LogP contribution in [0.2, 0.25) is 0 Å². The third-order valence-corrected chi connectivity index (χ3v) is 2.57. The molecule has 4 N–H and O–H groups in total. The normalized spacial score (nSPS) is 8.82. The Morgan fingerprint density at radius 2 is 1.27 bits per heavy atom. The van der Waals surface area contributed by atoms with Gasteiger partial charge in [-0.3, -0.25) is 4.79 Å². The molecule has 0 atom stereocenters. The average molecular weight is 700 g/mol. The minimum atomic E-state index is -0.966. The number of carboxylic acids is 1. The van der Waals surface area contributed by atoms with Gasteiger partial charge in [0.1, 0.15) is 13.2 Å². The van der Waals surface area contributed by atoms with Gasteiger partial charge >= 0.3 is 5.97 Å². The Morgan fingerprint density at radius 3 is 1.64 bits per heavy atom. The number of nitrogens with one attached hydrogen (secondary N) is 1. The molecule has 33 heavy (non-hydrogen) atoms. The number of ether oxygens (including phenoxy) is 6. The van der Waals surface area contributed by atoms with E-state index in [0.29, 0.717) is 59.4 Å². The van der Waals surface area contributed by atoms with E-state index in [1.165, 1.54) is 0 Å². The van der Waals surface area contributed by atoms with E-state index in [9.17, 15) is 9.59 Å². The van der Waals surface area contributed by atoms with Crippen LogP contribution in [0.1, 0.15) is 0 Å². The number of hydrogen-bond donors (Lipinski definition) is 3. The minimum Gasteiger partial charge on any atom is -0.480 e. The molecule has 0 aliphatic rings. The van der Waals surface area contributed by atoms with E-state index in [0.717, 1.165) is 0 Å². The first-order chi connectivity index (χ1) is 16.0. The molecule has 0 spiro atoms. The first-order valence-electron chi connectivity index (χ1n) is 9.92. The SMILES string of the molecule is C#CCN.C#CCNC(=O)COCCOCCOC.COCCOCCOCC(=O)O.[3H][B].[U]. The van der Waals surface area contributed by atoms with Gasteiger partial charge in [-0.15, -0.1) is 12.8 Å². The number of terminal acetylenes is 2. The van der Waals surface area contributed by atoms with Gasteiger partial charge in [0.15, 0.2) is 0 Å². The Kier molecular flexibility index (Phi) is 48.8. The van der Waals surface area contributed by atoms with Gasteiger partial charge in [-0.05, 0) is 1.34 Å². The summed E-state index contributed by atoms with van der Waals surface area (Å²) < 4.78 is 34.6. The maximum absolute atomic E-state index is 10.9. The second-order valence-corrected chi connectivity index (χ2v) is 5.10. The number of carbonyl (C=O) groups excluding carboxylic acids is 1. The Balaban J connectivity index is -0.000000132. The first-order valence-corrected chi connectivity index (χ1v) is 9.34. The Hall–Kier alpha value is -1.10. The summed E-state index contributed by atoms with van der Waals surface area (Å²) >= 11 is 0. The molecule has 0 aliphatic heterocycles. The predicted molar refractivity (Wildman–Crippen MR) is 122 cm³/mol. The number of amides is 1. The fraction of sp³-hybridized carbons (Fsp3) is 0.700. The molecule has 1 amide bonds. The van der Waals surface area contributed by atoms with Crippen molar-refractivity contribution in [2.75, 3.05) is 93.4 Å². The zero-order chi connectivity index (χ0) is 26.0. The van der Waals surface area contributed by atoms with Crippen LogP contribution in [-0.2, 0) is 38.0 Å². The summed E-state index contributed by atoms with van der Waals surface area (Å²) in [6.45, 7) is 3.98. The maximum Gasteiger partial charge on any atom is 0.329 e. The smallest absolute Gasteiger partial charge is 0.329 e. The molecule has 0 saturated carbocycles. The van der Waals surface area contributed by atoms with Crippen molar-refractivity contribution in [2.45, 2.75) is 0 Å². The number of nitrogens with two attached hydrogens (primary N) is 1. The first kappa shape index (κ1) is 39.1.